The Hall–Kier alpha value is -1.78. The van der Waals surface area contributed by atoms with Crippen molar-refractivity contribution in [2.45, 2.75) is 19.3 Å². The van der Waals surface area contributed by atoms with Gasteiger partial charge in [-0.25, -0.2) is 0 Å². The number of rotatable bonds is 5. The molecule has 1 aromatic heterocycles. The Morgan fingerprint density at radius 3 is 2.74 bits per heavy atom. The summed E-state index contributed by atoms with van der Waals surface area (Å²) < 4.78 is 0. The maximum absolute atomic E-state index is 12.3. The smallest absolute Gasteiger partial charge is 0.222 e. The monoisotopic (exact) mass is 331 g/mol. The van der Waals surface area contributed by atoms with Gasteiger partial charge in [0, 0.05) is 35.9 Å². The molecule has 0 bridgehead atoms. The van der Waals surface area contributed by atoms with Gasteiger partial charge < -0.3 is 15.6 Å². The van der Waals surface area contributed by atoms with Crippen molar-refractivity contribution in [3.8, 4) is 11.3 Å². The molecule has 0 radical (unpaired) electrons. The van der Waals surface area contributed by atoms with Crippen molar-refractivity contribution in [2.75, 3.05) is 19.6 Å². The molecular weight excluding hydrogens is 310 g/mol. The van der Waals surface area contributed by atoms with E-state index in [9.17, 15) is 4.79 Å². The lowest BCUT2D eigenvalue weighted by Crippen LogP contribution is -2.30. The third-order valence-corrected chi connectivity index (χ3v) is 4.73. The predicted molar refractivity (Wildman–Crippen MR) is 93.3 cm³/mol. The highest BCUT2D eigenvalue weighted by molar-refractivity contribution is 6.30. The molecule has 2 aromatic rings. The molecule has 5 heteroatoms. The lowest BCUT2D eigenvalue weighted by atomic mass is 10.1. The van der Waals surface area contributed by atoms with Crippen LogP contribution in [0.25, 0.3) is 11.3 Å². The van der Waals surface area contributed by atoms with E-state index in [0.717, 1.165) is 47.9 Å². The van der Waals surface area contributed by atoms with E-state index >= 15 is 0 Å². The number of nitrogens with two attached hydrogens (primary N) is 1. The normalized spacial score (nSPS) is 17.7. The third-order valence-electron chi connectivity index (χ3n) is 4.48. The first-order valence-electron chi connectivity index (χ1n) is 8.07. The van der Waals surface area contributed by atoms with Gasteiger partial charge in [0.05, 0.1) is 0 Å². The summed E-state index contributed by atoms with van der Waals surface area (Å²) in [5.74, 6) is 0.699. The van der Waals surface area contributed by atoms with Gasteiger partial charge in [0.1, 0.15) is 0 Å². The number of aryl methyl sites for hydroxylation is 1. The summed E-state index contributed by atoms with van der Waals surface area (Å²) in [5.41, 5.74) is 8.90. The van der Waals surface area contributed by atoms with Gasteiger partial charge in [0.15, 0.2) is 0 Å². The quantitative estimate of drug-likeness (QED) is 0.884. The highest BCUT2D eigenvalue weighted by Crippen LogP contribution is 2.22. The summed E-state index contributed by atoms with van der Waals surface area (Å²) in [6, 6.07) is 11.8. The number of hydrogen-bond acceptors (Lipinski definition) is 2. The maximum Gasteiger partial charge on any atom is 0.222 e. The average Bonchev–Trinajstić information content (AvgIpc) is 3.22. The Bertz CT molecular complexity index is 665. The van der Waals surface area contributed by atoms with Crippen LogP contribution in [0.3, 0.4) is 0 Å². The van der Waals surface area contributed by atoms with Crippen molar-refractivity contribution in [1.82, 2.24) is 9.88 Å². The molecule has 1 aliphatic rings. The number of carbonyl (C=O) groups excluding carboxylic acids is 1. The lowest BCUT2D eigenvalue weighted by Gasteiger charge is -2.15. The Balaban J connectivity index is 1.55. The van der Waals surface area contributed by atoms with Gasteiger partial charge in [-0.15, -0.1) is 0 Å². The number of aromatic amines is 1. The van der Waals surface area contributed by atoms with Crippen LogP contribution in [0.5, 0.6) is 0 Å². The fraction of sp³-hybridized carbons (Fsp3) is 0.389. The molecule has 4 nitrogen and oxygen atoms in total. The first-order valence-corrected chi connectivity index (χ1v) is 8.45. The zero-order valence-corrected chi connectivity index (χ0v) is 13.9. The largest absolute Gasteiger partial charge is 0.358 e. The molecule has 1 fully saturated rings. The topological polar surface area (TPSA) is 62.1 Å². The summed E-state index contributed by atoms with van der Waals surface area (Å²) in [7, 11) is 0. The SMILES string of the molecule is NC[C@H]1CCN(C(=O)CCc2ccc(-c3ccc(Cl)cc3)[nH]2)C1. The van der Waals surface area contributed by atoms with Crippen molar-refractivity contribution >= 4 is 17.5 Å². The minimum absolute atomic E-state index is 0.226. The van der Waals surface area contributed by atoms with E-state index in [4.69, 9.17) is 17.3 Å². The molecule has 1 saturated heterocycles. The molecule has 1 aliphatic heterocycles. The van der Waals surface area contributed by atoms with Gasteiger partial charge in [-0.05, 0) is 55.1 Å². The van der Waals surface area contributed by atoms with Crippen LogP contribution in [0.1, 0.15) is 18.5 Å². The number of benzene rings is 1. The number of nitrogens with one attached hydrogen (secondary N) is 1. The van der Waals surface area contributed by atoms with Gasteiger partial charge in [0.25, 0.3) is 0 Å². The molecule has 1 amide bonds. The van der Waals surface area contributed by atoms with E-state index in [1.807, 2.05) is 41.3 Å². The number of H-pyrrole nitrogens is 1. The van der Waals surface area contributed by atoms with E-state index in [2.05, 4.69) is 4.98 Å². The highest BCUT2D eigenvalue weighted by atomic mass is 35.5. The second kappa shape index (κ2) is 7.20. The standard InChI is InChI=1S/C18H22ClN3O/c19-15-3-1-14(2-4-15)17-7-5-16(21-17)6-8-18(23)22-10-9-13(11-20)12-22/h1-5,7,13,21H,6,8-12,20H2/t13-/m1/s1. The number of carbonyl (C=O) groups is 1. The summed E-state index contributed by atoms with van der Waals surface area (Å²) in [6.07, 6.45) is 2.31. The molecule has 1 aromatic carbocycles. The molecule has 1 atom stereocenters. The van der Waals surface area contributed by atoms with Crippen LogP contribution in [-0.4, -0.2) is 35.4 Å². The van der Waals surface area contributed by atoms with Crippen LogP contribution in [0.4, 0.5) is 0 Å². The van der Waals surface area contributed by atoms with Crippen LogP contribution in [0, 0.1) is 5.92 Å². The Labute approximate surface area is 141 Å². The minimum atomic E-state index is 0.226. The molecule has 23 heavy (non-hydrogen) atoms. The zero-order chi connectivity index (χ0) is 16.2. The molecule has 0 unspecified atom stereocenters. The number of nitrogens with zero attached hydrogens (tertiary/aromatic N) is 1. The second-order valence-corrected chi connectivity index (χ2v) is 6.57. The number of likely N-dealkylation sites (tertiary alicyclic amines) is 1. The van der Waals surface area contributed by atoms with Crippen LogP contribution in [-0.2, 0) is 11.2 Å². The van der Waals surface area contributed by atoms with Gasteiger partial charge in [-0.1, -0.05) is 23.7 Å². The van der Waals surface area contributed by atoms with E-state index in [-0.39, 0.29) is 5.91 Å². The van der Waals surface area contributed by atoms with Gasteiger partial charge in [0.2, 0.25) is 5.91 Å². The molecule has 3 rings (SSSR count). The summed E-state index contributed by atoms with van der Waals surface area (Å²) in [4.78, 5) is 17.6. The Morgan fingerprint density at radius 2 is 2.04 bits per heavy atom. The van der Waals surface area contributed by atoms with Crippen LogP contribution in [0.2, 0.25) is 5.02 Å². The van der Waals surface area contributed by atoms with E-state index in [0.29, 0.717) is 18.9 Å². The number of amides is 1. The number of halogens is 1. The van der Waals surface area contributed by atoms with Crippen LogP contribution < -0.4 is 5.73 Å². The van der Waals surface area contributed by atoms with Crippen molar-refractivity contribution < 1.29 is 4.79 Å². The van der Waals surface area contributed by atoms with Gasteiger partial charge in [-0.2, -0.15) is 0 Å². The third kappa shape index (κ3) is 3.95. The van der Waals surface area contributed by atoms with Crippen LogP contribution in [0.15, 0.2) is 36.4 Å². The fourth-order valence-corrected chi connectivity index (χ4v) is 3.16. The molecule has 3 N–H and O–H groups in total. The second-order valence-electron chi connectivity index (χ2n) is 6.13. The first kappa shape index (κ1) is 16.1. The van der Waals surface area contributed by atoms with Crippen molar-refractivity contribution in [1.29, 1.82) is 0 Å². The molecule has 122 valence electrons. The number of aromatic nitrogens is 1. The molecule has 0 spiro atoms. The highest BCUT2D eigenvalue weighted by Gasteiger charge is 2.24. The van der Waals surface area contributed by atoms with E-state index < -0.39 is 0 Å². The Kier molecular flexibility index (Phi) is 5.03. The van der Waals surface area contributed by atoms with E-state index in [1.165, 1.54) is 0 Å². The summed E-state index contributed by atoms with van der Waals surface area (Å²) in [5, 5.41) is 0.729. The zero-order valence-electron chi connectivity index (χ0n) is 13.1. The Morgan fingerprint density at radius 1 is 1.26 bits per heavy atom. The first-order chi connectivity index (χ1) is 11.2. The molecule has 0 aliphatic carbocycles. The lowest BCUT2D eigenvalue weighted by molar-refractivity contribution is -0.130. The van der Waals surface area contributed by atoms with Crippen LogP contribution >= 0.6 is 11.6 Å². The van der Waals surface area contributed by atoms with Crippen molar-refractivity contribution in [3.05, 3.63) is 47.1 Å². The predicted octanol–water partition coefficient (Wildman–Crippen LogP) is 3.07. The molecule has 0 saturated carbocycles. The van der Waals surface area contributed by atoms with Gasteiger partial charge >= 0.3 is 0 Å². The minimum Gasteiger partial charge on any atom is -0.358 e. The van der Waals surface area contributed by atoms with Crippen molar-refractivity contribution in [2.24, 2.45) is 11.7 Å². The average molecular weight is 332 g/mol. The van der Waals surface area contributed by atoms with Gasteiger partial charge in [-0.3, -0.25) is 4.79 Å². The van der Waals surface area contributed by atoms with Crippen molar-refractivity contribution in [3.63, 3.8) is 0 Å². The molecule has 2 heterocycles. The number of hydrogen-bond donors (Lipinski definition) is 2. The maximum atomic E-state index is 12.3. The summed E-state index contributed by atoms with van der Waals surface area (Å²) >= 11 is 5.91. The summed E-state index contributed by atoms with van der Waals surface area (Å²) in [6.45, 7) is 2.34. The van der Waals surface area contributed by atoms with E-state index in [1.54, 1.807) is 0 Å². The molecular formula is C18H22ClN3O. The fourth-order valence-electron chi connectivity index (χ4n) is 3.04.